The number of hydrogen-bond donors (Lipinski definition) is 2. The van der Waals surface area contributed by atoms with Crippen molar-refractivity contribution in [1.29, 1.82) is 0 Å². The van der Waals surface area contributed by atoms with Gasteiger partial charge in [-0.05, 0) is 18.8 Å². The van der Waals surface area contributed by atoms with Crippen LogP contribution in [0, 0.1) is 16.0 Å². The Hall–Kier alpha value is -2.38. The standard InChI is InChI=1S/C13H20N6O2/c1-3-6-15-13-16-11(14)10(19(20)21)12(17-13)18-7-4-5-9(2)8-18/h3,9H,1,4-8H2,2H3,(H3,14,15,16,17)/t9-/m1/s1. The van der Waals surface area contributed by atoms with Gasteiger partial charge in [0.2, 0.25) is 17.6 Å². The molecule has 114 valence electrons. The van der Waals surface area contributed by atoms with Gasteiger partial charge in [0.25, 0.3) is 0 Å². The zero-order chi connectivity index (χ0) is 15.4. The Kier molecular flexibility index (Phi) is 4.56. The minimum Gasteiger partial charge on any atom is -0.378 e. The average Bonchev–Trinajstić information content (AvgIpc) is 2.44. The van der Waals surface area contributed by atoms with Gasteiger partial charge in [0.1, 0.15) is 0 Å². The molecule has 21 heavy (non-hydrogen) atoms. The fourth-order valence-electron chi connectivity index (χ4n) is 2.48. The third-order valence-corrected chi connectivity index (χ3v) is 3.44. The second kappa shape index (κ2) is 6.38. The molecule has 1 aliphatic heterocycles. The number of piperidine rings is 1. The van der Waals surface area contributed by atoms with Crippen molar-refractivity contribution in [3.8, 4) is 0 Å². The summed E-state index contributed by atoms with van der Waals surface area (Å²) < 4.78 is 0. The number of nitro groups is 1. The highest BCUT2D eigenvalue weighted by molar-refractivity contribution is 5.71. The largest absolute Gasteiger partial charge is 0.378 e. The lowest BCUT2D eigenvalue weighted by molar-refractivity contribution is -0.383. The van der Waals surface area contributed by atoms with E-state index < -0.39 is 4.92 Å². The number of rotatable bonds is 5. The van der Waals surface area contributed by atoms with Crippen molar-refractivity contribution >= 4 is 23.3 Å². The lowest BCUT2D eigenvalue weighted by Crippen LogP contribution is -2.35. The van der Waals surface area contributed by atoms with Crippen molar-refractivity contribution in [2.75, 3.05) is 35.6 Å². The highest BCUT2D eigenvalue weighted by Crippen LogP contribution is 2.34. The monoisotopic (exact) mass is 292 g/mol. The maximum Gasteiger partial charge on any atom is 0.353 e. The zero-order valence-corrected chi connectivity index (χ0v) is 12.1. The summed E-state index contributed by atoms with van der Waals surface area (Å²) in [5.41, 5.74) is 5.54. The molecule has 2 heterocycles. The van der Waals surface area contributed by atoms with Crippen molar-refractivity contribution in [2.24, 2.45) is 5.92 Å². The first-order valence-electron chi connectivity index (χ1n) is 6.94. The van der Waals surface area contributed by atoms with E-state index in [0.29, 0.717) is 18.3 Å². The number of nitrogens with two attached hydrogens (primary N) is 1. The molecule has 0 radical (unpaired) electrons. The van der Waals surface area contributed by atoms with Gasteiger partial charge in [0.05, 0.1) is 4.92 Å². The molecule has 8 nitrogen and oxygen atoms in total. The van der Waals surface area contributed by atoms with E-state index in [1.165, 1.54) is 0 Å². The molecule has 1 atom stereocenters. The van der Waals surface area contributed by atoms with Crippen molar-refractivity contribution in [1.82, 2.24) is 9.97 Å². The van der Waals surface area contributed by atoms with E-state index in [2.05, 4.69) is 28.8 Å². The molecule has 1 saturated heterocycles. The predicted octanol–water partition coefficient (Wildman–Crippen LogP) is 1.80. The Morgan fingerprint density at radius 2 is 2.38 bits per heavy atom. The average molecular weight is 292 g/mol. The molecular weight excluding hydrogens is 272 g/mol. The number of nitrogens with one attached hydrogen (secondary N) is 1. The van der Waals surface area contributed by atoms with Crippen molar-refractivity contribution < 1.29 is 4.92 Å². The van der Waals surface area contributed by atoms with Gasteiger partial charge in [-0.15, -0.1) is 6.58 Å². The van der Waals surface area contributed by atoms with E-state index in [1.54, 1.807) is 6.08 Å². The summed E-state index contributed by atoms with van der Waals surface area (Å²) in [6, 6.07) is 0. The van der Waals surface area contributed by atoms with Crippen LogP contribution in [0.3, 0.4) is 0 Å². The molecule has 0 aromatic carbocycles. The molecule has 8 heteroatoms. The van der Waals surface area contributed by atoms with Crippen LogP contribution in [0.15, 0.2) is 12.7 Å². The normalized spacial score (nSPS) is 18.3. The highest BCUT2D eigenvalue weighted by Gasteiger charge is 2.29. The predicted molar refractivity (Wildman–Crippen MR) is 82.4 cm³/mol. The van der Waals surface area contributed by atoms with Crippen LogP contribution in [0.2, 0.25) is 0 Å². The molecule has 0 unspecified atom stereocenters. The van der Waals surface area contributed by atoms with E-state index in [4.69, 9.17) is 5.73 Å². The van der Waals surface area contributed by atoms with Crippen molar-refractivity contribution in [3.05, 3.63) is 22.8 Å². The third-order valence-electron chi connectivity index (χ3n) is 3.44. The smallest absolute Gasteiger partial charge is 0.353 e. The van der Waals surface area contributed by atoms with Crippen LogP contribution in [0.25, 0.3) is 0 Å². The van der Waals surface area contributed by atoms with Crippen LogP contribution >= 0.6 is 0 Å². The van der Waals surface area contributed by atoms with Gasteiger partial charge in [0, 0.05) is 19.6 Å². The zero-order valence-electron chi connectivity index (χ0n) is 12.1. The third kappa shape index (κ3) is 3.39. The number of anilines is 3. The summed E-state index contributed by atoms with van der Waals surface area (Å²) in [6.07, 6.45) is 3.76. The summed E-state index contributed by atoms with van der Waals surface area (Å²) in [7, 11) is 0. The van der Waals surface area contributed by atoms with Gasteiger partial charge < -0.3 is 16.0 Å². The maximum absolute atomic E-state index is 11.3. The topological polar surface area (TPSA) is 110 Å². The van der Waals surface area contributed by atoms with Gasteiger partial charge in [-0.3, -0.25) is 10.1 Å². The SMILES string of the molecule is C=CCNc1nc(N)c([N+](=O)[O-])c(N2CCC[C@@H](C)C2)n1. The van der Waals surface area contributed by atoms with Crippen LogP contribution < -0.4 is 16.0 Å². The van der Waals surface area contributed by atoms with Gasteiger partial charge >= 0.3 is 5.69 Å². The molecule has 3 N–H and O–H groups in total. The quantitative estimate of drug-likeness (QED) is 0.483. The van der Waals surface area contributed by atoms with Gasteiger partial charge in [-0.1, -0.05) is 13.0 Å². The summed E-state index contributed by atoms with van der Waals surface area (Å²) in [5, 5.41) is 14.2. The fourth-order valence-corrected chi connectivity index (χ4v) is 2.48. The Morgan fingerprint density at radius 3 is 3.00 bits per heavy atom. The molecule has 0 saturated carbocycles. The van der Waals surface area contributed by atoms with Crippen LogP contribution in [-0.2, 0) is 0 Å². The molecule has 0 bridgehead atoms. The Bertz CT molecular complexity index is 548. The molecule has 0 spiro atoms. The minimum atomic E-state index is -0.513. The van der Waals surface area contributed by atoms with E-state index in [-0.39, 0.29) is 17.5 Å². The minimum absolute atomic E-state index is 0.116. The van der Waals surface area contributed by atoms with Crippen LogP contribution in [0.5, 0.6) is 0 Å². The van der Waals surface area contributed by atoms with Gasteiger partial charge in [-0.25, -0.2) is 0 Å². The molecular formula is C13H20N6O2. The Balaban J connectivity index is 2.41. The molecule has 1 aromatic heterocycles. The van der Waals surface area contributed by atoms with Crippen LogP contribution in [0.1, 0.15) is 19.8 Å². The van der Waals surface area contributed by atoms with E-state index in [1.807, 2.05) is 4.90 Å². The lowest BCUT2D eigenvalue weighted by atomic mass is 10.0. The summed E-state index contributed by atoms with van der Waals surface area (Å²) in [6.45, 7) is 7.66. The summed E-state index contributed by atoms with van der Waals surface area (Å²) >= 11 is 0. The van der Waals surface area contributed by atoms with Crippen molar-refractivity contribution in [3.63, 3.8) is 0 Å². The van der Waals surface area contributed by atoms with Crippen LogP contribution in [-0.4, -0.2) is 34.5 Å². The second-order valence-electron chi connectivity index (χ2n) is 5.22. The second-order valence-corrected chi connectivity index (χ2v) is 5.22. The summed E-state index contributed by atoms with van der Waals surface area (Å²) in [4.78, 5) is 20.9. The molecule has 1 aromatic rings. The Morgan fingerprint density at radius 1 is 1.62 bits per heavy atom. The first kappa shape index (κ1) is 15.0. The fraction of sp³-hybridized carbons (Fsp3) is 0.538. The van der Waals surface area contributed by atoms with E-state index in [0.717, 1.165) is 25.9 Å². The van der Waals surface area contributed by atoms with E-state index in [9.17, 15) is 10.1 Å². The highest BCUT2D eigenvalue weighted by atomic mass is 16.6. The Labute approximate surface area is 123 Å². The molecule has 0 amide bonds. The van der Waals surface area contributed by atoms with E-state index >= 15 is 0 Å². The molecule has 1 aliphatic rings. The van der Waals surface area contributed by atoms with Crippen LogP contribution in [0.4, 0.5) is 23.3 Å². The van der Waals surface area contributed by atoms with Crippen molar-refractivity contribution in [2.45, 2.75) is 19.8 Å². The number of nitrogens with zero attached hydrogens (tertiary/aromatic N) is 4. The first-order valence-corrected chi connectivity index (χ1v) is 6.94. The molecule has 2 rings (SSSR count). The number of nitrogen functional groups attached to an aromatic ring is 1. The number of hydrogen-bond acceptors (Lipinski definition) is 7. The number of aromatic nitrogens is 2. The van der Waals surface area contributed by atoms with Gasteiger partial charge in [-0.2, -0.15) is 9.97 Å². The maximum atomic E-state index is 11.3. The summed E-state index contributed by atoms with van der Waals surface area (Å²) in [5.74, 6) is 0.936. The lowest BCUT2D eigenvalue weighted by Gasteiger charge is -2.31. The molecule has 0 aliphatic carbocycles. The van der Waals surface area contributed by atoms with Gasteiger partial charge in [0.15, 0.2) is 0 Å². The first-order chi connectivity index (χ1) is 10.0. The molecule has 1 fully saturated rings.